The van der Waals surface area contributed by atoms with E-state index in [1.165, 1.54) is 39.7 Å². The molecule has 3 aromatic rings. The molecule has 3 heterocycles. The normalized spacial score (nSPS) is 14.7. The Hall–Kier alpha value is -1.52. The lowest BCUT2D eigenvalue weighted by Crippen LogP contribution is -2.40. The van der Waals surface area contributed by atoms with Crippen LogP contribution in [-0.2, 0) is 22.7 Å². The van der Waals surface area contributed by atoms with Gasteiger partial charge in [-0.25, -0.2) is 13.1 Å². The molecule has 0 fully saturated rings. The fraction of sp³-hybridized carbons (Fsp3) is 0.214. The second-order valence-electron chi connectivity index (χ2n) is 5.02. The van der Waals surface area contributed by atoms with E-state index in [2.05, 4.69) is 9.82 Å². The van der Waals surface area contributed by atoms with E-state index in [4.69, 9.17) is 0 Å². The van der Waals surface area contributed by atoms with Crippen LogP contribution >= 0.6 is 22.7 Å². The van der Waals surface area contributed by atoms with Crippen molar-refractivity contribution in [1.29, 1.82) is 0 Å². The molecule has 6 nitrogen and oxygen atoms in total. The van der Waals surface area contributed by atoms with E-state index in [9.17, 15) is 13.5 Å². The molecule has 1 unspecified atom stereocenters. The maximum Gasteiger partial charge on any atom is 0.243 e. The number of nitrogens with one attached hydrogen (secondary N) is 1. The van der Waals surface area contributed by atoms with E-state index >= 15 is 0 Å². The SMILES string of the molecule is Cn1cc(S(=O)(=O)NCC(O)(c2ccsc2)c2cccs2)cn1. The van der Waals surface area contributed by atoms with Crippen molar-refractivity contribution >= 4 is 32.7 Å². The summed E-state index contributed by atoms with van der Waals surface area (Å²) in [5.74, 6) is 0. The Morgan fingerprint density at radius 2 is 2.22 bits per heavy atom. The molecule has 0 radical (unpaired) electrons. The highest BCUT2D eigenvalue weighted by Gasteiger charge is 2.35. The van der Waals surface area contributed by atoms with E-state index in [0.29, 0.717) is 10.4 Å². The van der Waals surface area contributed by atoms with Crippen molar-refractivity contribution in [2.75, 3.05) is 6.54 Å². The van der Waals surface area contributed by atoms with Crippen molar-refractivity contribution in [3.05, 3.63) is 57.2 Å². The molecule has 3 rings (SSSR count). The van der Waals surface area contributed by atoms with Gasteiger partial charge in [0.25, 0.3) is 0 Å². The van der Waals surface area contributed by atoms with Gasteiger partial charge in [0.15, 0.2) is 0 Å². The van der Waals surface area contributed by atoms with Crippen LogP contribution in [0.25, 0.3) is 0 Å². The first kappa shape index (κ1) is 16.3. The van der Waals surface area contributed by atoms with Gasteiger partial charge in [-0.1, -0.05) is 6.07 Å². The number of nitrogens with zero attached hydrogens (tertiary/aromatic N) is 2. The van der Waals surface area contributed by atoms with E-state index in [-0.39, 0.29) is 11.4 Å². The van der Waals surface area contributed by atoms with Crippen LogP contribution in [0.1, 0.15) is 10.4 Å². The number of rotatable bonds is 6. The van der Waals surface area contributed by atoms with Gasteiger partial charge in [0, 0.05) is 30.2 Å². The van der Waals surface area contributed by atoms with E-state index < -0.39 is 15.6 Å². The van der Waals surface area contributed by atoms with E-state index in [0.717, 1.165) is 0 Å². The zero-order valence-electron chi connectivity index (χ0n) is 12.2. The summed E-state index contributed by atoms with van der Waals surface area (Å²) >= 11 is 2.83. The molecule has 0 bridgehead atoms. The molecule has 23 heavy (non-hydrogen) atoms. The lowest BCUT2D eigenvalue weighted by atomic mass is 9.95. The Morgan fingerprint density at radius 1 is 1.39 bits per heavy atom. The number of hydrogen-bond donors (Lipinski definition) is 2. The predicted molar refractivity (Wildman–Crippen MR) is 90.0 cm³/mol. The van der Waals surface area contributed by atoms with E-state index in [1.54, 1.807) is 19.2 Å². The molecule has 1 atom stereocenters. The topological polar surface area (TPSA) is 84.2 Å². The number of thiophene rings is 2. The largest absolute Gasteiger partial charge is 0.378 e. The standard InChI is InChI=1S/C14H15N3O3S3/c1-17-8-12(7-15-17)23(19,20)16-10-14(18,11-4-6-21-9-11)13-3-2-5-22-13/h2-9,16,18H,10H2,1H3. The summed E-state index contributed by atoms with van der Waals surface area (Å²) in [6.45, 7) is -0.151. The zero-order chi connectivity index (χ0) is 16.5. The van der Waals surface area contributed by atoms with Gasteiger partial charge in [0.05, 0.1) is 6.20 Å². The molecular weight excluding hydrogens is 354 g/mol. The summed E-state index contributed by atoms with van der Waals surface area (Å²) in [7, 11) is -2.09. The molecule has 0 aromatic carbocycles. The average Bonchev–Trinajstić information content (AvgIpc) is 3.25. The second-order valence-corrected chi connectivity index (χ2v) is 8.52. The lowest BCUT2D eigenvalue weighted by Gasteiger charge is -2.26. The molecule has 0 aliphatic heterocycles. The number of hydrogen-bond acceptors (Lipinski definition) is 6. The number of aliphatic hydroxyl groups is 1. The highest BCUT2D eigenvalue weighted by molar-refractivity contribution is 7.89. The van der Waals surface area contributed by atoms with Crippen LogP contribution < -0.4 is 4.72 Å². The molecule has 0 amide bonds. The van der Waals surface area contributed by atoms with Crippen LogP contribution in [0.5, 0.6) is 0 Å². The molecule has 0 saturated carbocycles. The van der Waals surface area contributed by atoms with Gasteiger partial charge in [-0.2, -0.15) is 16.4 Å². The van der Waals surface area contributed by atoms with Crippen molar-refractivity contribution in [1.82, 2.24) is 14.5 Å². The minimum atomic E-state index is -3.74. The molecule has 122 valence electrons. The summed E-state index contributed by atoms with van der Waals surface area (Å²) in [6, 6.07) is 5.41. The quantitative estimate of drug-likeness (QED) is 0.693. The summed E-state index contributed by atoms with van der Waals surface area (Å²) in [5, 5.41) is 20.5. The molecule has 0 spiro atoms. The van der Waals surface area contributed by atoms with Crippen molar-refractivity contribution in [2.24, 2.45) is 7.05 Å². The van der Waals surface area contributed by atoms with Crippen LogP contribution in [0.4, 0.5) is 0 Å². The van der Waals surface area contributed by atoms with Crippen molar-refractivity contribution in [3.8, 4) is 0 Å². The highest BCUT2D eigenvalue weighted by Crippen LogP contribution is 2.33. The third-order valence-corrected chi connectivity index (χ3v) is 6.50. The van der Waals surface area contributed by atoms with Crippen LogP contribution in [0.3, 0.4) is 0 Å². The van der Waals surface area contributed by atoms with Crippen LogP contribution in [0.2, 0.25) is 0 Å². The molecule has 2 N–H and O–H groups in total. The third kappa shape index (κ3) is 3.24. The lowest BCUT2D eigenvalue weighted by molar-refractivity contribution is 0.0903. The maximum atomic E-state index is 12.4. The van der Waals surface area contributed by atoms with E-state index in [1.807, 2.05) is 22.2 Å². The van der Waals surface area contributed by atoms with Crippen molar-refractivity contribution in [3.63, 3.8) is 0 Å². The minimum absolute atomic E-state index is 0.0684. The Balaban J connectivity index is 1.89. The molecule has 3 aromatic heterocycles. The second kappa shape index (κ2) is 6.17. The Bertz CT molecular complexity index is 833. The van der Waals surface area contributed by atoms with Crippen molar-refractivity contribution < 1.29 is 13.5 Å². The van der Waals surface area contributed by atoms with Gasteiger partial charge in [-0.05, 0) is 28.3 Å². The predicted octanol–water partition coefficient (Wildman–Crippen LogP) is 1.76. The summed E-state index contributed by atoms with van der Waals surface area (Å²) in [5.41, 5.74) is -0.734. The third-order valence-electron chi connectivity index (χ3n) is 3.44. The van der Waals surface area contributed by atoms with Gasteiger partial charge in [0.1, 0.15) is 10.5 Å². The van der Waals surface area contributed by atoms with Gasteiger partial charge in [-0.3, -0.25) is 4.68 Å². The first-order chi connectivity index (χ1) is 10.9. The van der Waals surface area contributed by atoms with Gasteiger partial charge in [0.2, 0.25) is 10.0 Å². The Kier molecular flexibility index (Phi) is 4.39. The molecular formula is C14H15N3O3S3. The van der Waals surface area contributed by atoms with Crippen molar-refractivity contribution in [2.45, 2.75) is 10.5 Å². The van der Waals surface area contributed by atoms with Crippen LogP contribution in [0, 0.1) is 0 Å². The summed E-state index contributed by atoms with van der Waals surface area (Å²) in [4.78, 5) is 0.753. The van der Waals surface area contributed by atoms with Gasteiger partial charge >= 0.3 is 0 Å². The average molecular weight is 369 g/mol. The monoisotopic (exact) mass is 369 g/mol. The Labute approximate surface area is 142 Å². The fourth-order valence-corrected chi connectivity index (χ4v) is 4.78. The minimum Gasteiger partial charge on any atom is -0.378 e. The highest BCUT2D eigenvalue weighted by atomic mass is 32.2. The Morgan fingerprint density at radius 3 is 2.78 bits per heavy atom. The zero-order valence-corrected chi connectivity index (χ0v) is 14.7. The van der Waals surface area contributed by atoms with Gasteiger partial charge < -0.3 is 5.11 Å². The van der Waals surface area contributed by atoms with Crippen LogP contribution in [0.15, 0.2) is 51.6 Å². The number of aryl methyl sites for hydroxylation is 1. The number of aromatic nitrogens is 2. The fourth-order valence-electron chi connectivity index (χ4n) is 2.17. The smallest absolute Gasteiger partial charge is 0.243 e. The maximum absolute atomic E-state index is 12.4. The molecule has 9 heteroatoms. The van der Waals surface area contributed by atoms with Gasteiger partial charge in [-0.15, -0.1) is 11.3 Å². The first-order valence-corrected chi connectivity index (χ1v) is 10.00. The summed E-state index contributed by atoms with van der Waals surface area (Å²) < 4.78 is 28.6. The number of sulfonamides is 1. The molecule has 0 saturated heterocycles. The molecule has 0 aliphatic carbocycles. The first-order valence-electron chi connectivity index (χ1n) is 6.69. The van der Waals surface area contributed by atoms with Crippen LogP contribution in [-0.4, -0.2) is 29.8 Å². The summed E-state index contributed by atoms with van der Waals surface area (Å²) in [6.07, 6.45) is 2.69. The molecule has 0 aliphatic rings.